The van der Waals surface area contributed by atoms with Gasteiger partial charge in [0.05, 0.1) is 0 Å². The van der Waals surface area contributed by atoms with Gasteiger partial charge in [-0.25, -0.2) is 0 Å². The van der Waals surface area contributed by atoms with Crippen LogP contribution in [0.3, 0.4) is 0 Å². The Balaban J connectivity index is 1.94. The molecular formula is C19H29NO2. The first-order chi connectivity index (χ1) is 10.5. The highest BCUT2D eigenvalue weighted by Gasteiger charge is 2.34. The molecule has 2 N–H and O–H groups in total. The van der Waals surface area contributed by atoms with Crippen molar-refractivity contribution in [1.29, 1.82) is 0 Å². The van der Waals surface area contributed by atoms with E-state index in [0.717, 1.165) is 18.4 Å². The minimum absolute atomic E-state index is 0.0260. The van der Waals surface area contributed by atoms with Crippen LogP contribution >= 0.6 is 0 Å². The summed E-state index contributed by atoms with van der Waals surface area (Å²) < 4.78 is 5.81. The molecule has 0 radical (unpaired) electrons. The molecule has 0 spiro atoms. The summed E-state index contributed by atoms with van der Waals surface area (Å²) in [7, 11) is 0. The molecule has 1 fully saturated rings. The Labute approximate surface area is 134 Å². The van der Waals surface area contributed by atoms with Crippen molar-refractivity contribution in [2.45, 2.75) is 58.6 Å². The van der Waals surface area contributed by atoms with Crippen LogP contribution in [0, 0.1) is 17.8 Å². The highest BCUT2D eigenvalue weighted by Crippen LogP contribution is 2.35. The molecule has 22 heavy (non-hydrogen) atoms. The third kappa shape index (κ3) is 4.57. The largest absolute Gasteiger partial charge is 0.461 e. The molecule has 3 unspecified atom stereocenters. The van der Waals surface area contributed by atoms with Crippen LogP contribution in [-0.4, -0.2) is 18.1 Å². The predicted octanol–water partition coefficient (Wildman–Crippen LogP) is 3.56. The molecule has 1 aromatic carbocycles. The monoisotopic (exact) mass is 303 g/mol. The van der Waals surface area contributed by atoms with Crippen LogP contribution in [0.5, 0.6) is 0 Å². The summed E-state index contributed by atoms with van der Waals surface area (Å²) in [4.78, 5) is 12.3. The lowest BCUT2D eigenvalue weighted by Crippen LogP contribution is -2.41. The first-order valence-electron chi connectivity index (χ1n) is 8.47. The lowest BCUT2D eigenvalue weighted by atomic mass is 9.75. The van der Waals surface area contributed by atoms with Crippen LogP contribution in [0.2, 0.25) is 0 Å². The molecule has 1 aromatic rings. The van der Waals surface area contributed by atoms with Gasteiger partial charge >= 0.3 is 5.97 Å². The predicted molar refractivity (Wildman–Crippen MR) is 89.3 cm³/mol. The summed E-state index contributed by atoms with van der Waals surface area (Å²) in [6, 6.07) is 9.30. The van der Waals surface area contributed by atoms with Gasteiger partial charge in [-0.05, 0) is 42.6 Å². The average Bonchev–Trinajstić information content (AvgIpc) is 2.48. The number of hydrogen-bond acceptors (Lipinski definition) is 3. The van der Waals surface area contributed by atoms with Gasteiger partial charge in [0.2, 0.25) is 0 Å². The molecule has 0 aliphatic heterocycles. The summed E-state index contributed by atoms with van der Waals surface area (Å²) in [5.74, 6) is 1.37. The van der Waals surface area contributed by atoms with E-state index in [2.05, 4.69) is 20.8 Å². The van der Waals surface area contributed by atoms with Gasteiger partial charge in [0, 0.05) is 0 Å². The number of nitrogens with two attached hydrogens (primary N) is 1. The summed E-state index contributed by atoms with van der Waals surface area (Å²) in [6.45, 7) is 6.66. The maximum atomic E-state index is 12.3. The molecule has 3 nitrogen and oxygen atoms in total. The van der Waals surface area contributed by atoms with E-state index in [4.69, 9.17) is 10.5 Å². The molecule has 1 aliphatic carbocycles. The van der Waals surface area contributed by atoms with Gasteiger partial charge in [-0.15, -0.1) is 0 Å². The van der Waals surface area contributed by atoms with Crippen molar-refractivity contribution in [3.05, 3.63) is 35.9 Å². The van der Waals surface area contributed by atoms with Crippen LogP contribution in [0.1, 0.15) is 45.6 Å². The minimum atomic E-state index is -0.576. The topological polar surface area (TPSA) is 52.3 Å². The number of carbonyl (C=O) groups excluding carboxylic acids is 1. The van der Waals surface area contributed by atoms with Crippen molar-refractivity contribution in [3.63, 3.8) is 0 Å². The second-order valence-corrected chi connectivity index (χ2v) is 7.10. The second-order valence-electron chi connectivity index (χ2n) is 7.10. The molecule has 122 valence electrons. The fourth-order valence-corrected chi connectivity index (χ4v) is 3.44. The van der Waals surface area contributed by atoms with Crippen LogP contribution in [-0.2, 0) is 16.0 Å². The summed E-state index contributed by atoms with van der Waals surface area (Å²) in [6.07, 6.45) is 3.90. The third-order valence-electron chi connectivity index (χ3n) is 4.83. The summed E-state index contributed by atoms with van der Waals surface area (Å²) in [5.41, 5.74) is 7.12. The third-order valence-corrected chi connectivity index (χ3v) is 4.83. The number of ether oxygens (including phenoxy) is 1. The number of carbonyl (C=O) groups is 1. The van der Waals surface area contributed by atoms with Crippen molar-refractivity contribution in [2.75, 3.05) is 0 Å². The molecule has 0 heterocycles. The van der Waals surface area contributed by atoms with E-state index < -0.39 is 6.04 Å². The SMILES string of the molecule is CC1CCC(C(C)C)[C@@H](OC(=O)C(N)Cc2ccccc2)C1. The van der Waals surface area contributed by atoms with Crippen LogP contribution in [0.25, 0.3) is 0 Å². The van der Waals surface area contributed by atoms with Gasteiger partial charge in [-0.1, -0.05) is 57.5 Å². The van der Waals surface area contributed by atoms with Gasteiger partial charge in [0.1, 0.15) is 12.1 Å². The van der Waals surface area contributed by atoms with Gasteiger partial charge in [-0.2, -0.15) is 0 Å². The fraction of sp³-hybridized carbons (Fsp3) is 0.632. The van der Waals surface area contributed by atoms with E-state index in [0.29, 0.717) is 24.2 Å². The smallest absolute Gasteiger partial charge is 0.323 e. The molecule has 0 saturated heterocycles. The molecule has 1 aliphatic rings. The number of hydrogen-bond donors (Lipinski definition) is 1. The second kappa shape index (κ2) is 7.77. The molecule has 2 rings (SSSR count). The van der Waals surface area contributed by atoms with Crippen LogP contribution < -0.4 is 5.73 Å². The highest BCUT2D eigenvalue weighted by atomic mass is 16.5. The van der Waals surface area contributed by atoms with E-state index in [1.807, 2.05) is 30.3 Å². The molecule has 1 saturated carbocycles. The molecule has 3 heteroatoms. The highest BCUT2D eigenvalue weighted by molar-refractivity contribution is 5.76. The van der Waals surface area contributed by atoms with Crippen molar-refractivity contribution in [3.8, 4) is 0 Å². The number of esters is 1. The number of rotatable bonds is 5. The first-order valence-corrected chi connectivity index (χ1v) is 8.47. The molecule has 0 amide bonds. The quantitative estimate of drug-likeness (QED) is 0.846. The average molecular weight is 303 g/mol. The summed E-state index contributed by atoms with van der Waals surface area (Å²) >= 11 is 0. The van der Waals surface area contributed by atoms with E-state index in [1.54, 1.807) is 0 Å². The zero-order valence-electron chi connectivity index (χ0n) is 14.0. The van der Waals surface area contributed by atoms with Crippen LogP contribution in [0.15, 0.2) is 30.3 Å². The Hall–Kier alpha value is -1.35. The Morgan fingerprint density at radius 1 is 1.27 bits per heavy atom. The Bertz CT molecular complexity index is 472. The first kappa shape index (κ1) is 17.0. The summed E-state index contributed by atoms with van der Waals surface area (Å²) in [5, 5.41) is 0. The lowest BCUT2D eigenvalue weighted by Gasteiger charge is -2.37. The zero-order chi connectivity index (χ0) is 16.1. The van der Waals surface area contributed by atoms with Crippen LogP contribution in [0.4, 0.5) is 0 Å². The van der Waals surface area contributed by atoms with Gasteiger partial charge in [0.25, 0.3) is 0 Å². The Morgan fingerprint density at radius 3 is 2.59 bits per heavy atom. The maximum Gasteiger partial charge on any atom is 0.323 e. The van der Waals surface area contributed by atoms with E-state index in [9.17, 15) is 4.79 Å². The Kier molecular flexibility index (Phi) is 6.01. The molecular weight excluding hydrogens is 274 g/mol. The van der Waals surface area contributed by atoms with E-state index in [1.165, 1.54) is 6.42 Å². The molecule has 4 atom stereocenters. The van der Waals surface area contributed by atoms with E-state index in [-0.39, 0.29) is 12.1 Å². The lowest BCUT2D eigenvalue weighted by molar-refractivity contribution is -0.157. The zero-order valence-corrected chi connectivity index (χ0v) is 14.0. The van der Waals surface area contributed by atoms with Crippen molar-refractivity contribution in [2.24, 2.45) is 23.5 Å². The molecule has 0 bridgehead atoms. The normalized spacial score (nSPS) is 26.7. The minimum Gasteiger partial charge on any atom is -0.461 e. The maximum absolute atomic E-state index is 12.3. The molecule has 0 aromatic heterocycles. The van der Waals surface area contributed by atoms with Gasteiger partial charge in [0.15, 0.2) is 0 Å². The van der Waals surface area contributed by atoms with E-state index >= 15 is 0 Å². The number of benzene rings is 1. The Morgan fingerprint density at radius 2 is 1.95 bits per heavy atom. The van der Waals surface area contributed by atoms with Gasteiger partial charge < -0.3 is 10.5 Å². The van der Waals surface area contributed by atoms with Crippen molar-refractivity contribution < 1.29 is 9.53 Å². The standard InChI is InChI=1S/C19H29NO2/c1-13(2)16-10-9-14(3)11-18(16)22-19(21)17(20)12-15-7-5-4-6-8-15/h4-8,13-14,16-18H,9-12,20H2,1-3H3/t14?,16?,17?,18-/m0/s1. The van der Waals surface area contributed by atoms with Gasteiger partial charge in [-0.3, -0.25) is 4.79 Å². The van der Waals surface area contributed by atoms with Crippen molar-refractivity contribution in [1.82, 2.24) is 0 Å². The van der Waals surface area contributed by atoms with Crippen molar-refractivity contribution >= 4 is 5.97 Å². The fourth-order valence-electron chi connectivity index (χ4n) is 3.44.